The van der Waals surface area contributed by atoms with Crippen molar-refractivity contribution >= 4 is 41.4 Å². The van der Waals surface area contributed by atoms with Crippen LogP contribution >= 0.6 is 23.2 Å². The molecule has 32 nitrogen and oxygen atoms in total. The first-order valence-electron chi connectivity index (χ1n) is 31.3. The number of phenols is 1. The van der Waals surface area contributed by atoms with Crippen molar-refractivity contribution < 1.29 is 154 Å². The van der Waals surface area contributed by atoms with Crippen LogP contribution in [-0.4, -0.2) is 286 Å². The summed E-state index contributed by atoms with van der Waals surface area (Å²) < 4.78 is 141. The maximum Gasteiger partial charge on any atom is 0.342 e. The van der Waals surface area contributed by atoms with Crippen LogP contribution in [0.5, 0.6) is 11.5 Å². The lowest BCUT2D eigenvalue weighted by Gasteiger charge is -2.49. The zero-order valence-electron chi connectivity index (χ0n) is 54.0. The molecule has 10 aliphatic heterocycles. The standard InChI is InChI=1S/C60H86Cl2O32/c1-21(2)52(69)86-48-44-31(91-60(92-44)51-50(77-20-78-51)58(71,19-63)27(8)90-60)18-76-55(48)88-56-47(75-13)38(67)43(30(82-56)17-72-10)87-54-39(68)46(42(73-11)24(5)81-54)84-33-16-57(9)49(26(7)80-33)93-59(94-57)15-29(65)41(25(6)89-59)83-32-14-28(64)40(23(4)79-32)85-53(70)34-22(3)35(61)37(66)36(62)45(34)74-12/h19,21,23-33,38-44,46-51,54-56,64-68,71H,14-18,20H2,1-13H3. The molecule has 34 heteroatoms. The summed E-state index contributed by atoms with van der Waals surface area (Å²) in [6, 6.07) is 0. The van der Waals surface area contributed by atoms with Gasteiger partial charge in [-0.15, -0.1) is 0 Å². The van der Waals surface area contributed by atoms with Crippen molar-refractivity contribution in [1.82, 2.24) is 0 Å². The molecule has 31 atom stereocenters. The average molecular weight is 1390 g/mol. The summed E-state index contributed by atoms with van der Waals surface area (Å²) in [4.78, 5) is 39.1. The van der Waals surface area contributed by atoms with Crippen molar-refractivity contribution in [3.05, 3.63) is 21.2 Å². The highest BCUT2D eigenvalue weighted by Crippen LogP contribution is 2.53. The van der Waals surface area contributed by atoms with Crippen LogP contribution in [0.4, 0.5) is 0 Å². The topological polar surface area (TPSA) is 385 Å². The summed E-state index contributed by atoms with van der Waals surface area (Å²) in [7, 11) is 5.35. The molecule has 532 valence electrons. The fourth-order valence-electron chi connectivity index (χ4n) is 14.3. The molecule has 1 aromatic rings. The van der Waals surface area contributed by atoms with Crippen LogP contribution in [0.3, 0.4) is 0 Å². The van der Waals surface area contributed by atoms with Gasteiger partial charge in [0.05, 0.1) is 80.4 Å². The number of fused-ring (bicyclic) bond motifs is 4. The van der Waals surface area contributed by atoms with E-state index in [1.807, 2.05) is 0 Å². The Kier molecular flexibility index (Phi) is 21.7. The lowest BCUT2D eigenvalue weighted by Crippen LogP contribution is -2.70. The maximum atomic E-state index is 13.5. The lowest BCUT2D eigenvalue weighted by molar-refractivity contribution is -0.428. The molecule has 10 saturated heterocycles. The Hall–Kier alpha value is -2.99. The van der Waals surface area contributed by atoms with Gasteiger partial charge in [0.15, 0.2) is 66.9 Å². The summed E-state index contributed by atoms with van der Waals surface area (Å²) in [5.74, 6) is -6.77. The summed E-state index contributed by atoms with van der Waals surface area (Å²) in [6.07, 6.45) is -32.5. The molecule has 0 amide bonds. The zero-order chi connectivity index (χ0) is 68.0. The van der Waals surface area contributed by atoms with E-state index in [1.54, 1.807) is 48.5 Å². The molecule has 2 spiro atoms. The molecule has 31 unspecified atom stereocenters. The van der Waals surface area contributed by atoms with Gasteiger partial charge in [-0.25, -0.2) is 4.79 Å². The zero-order valence-corrected chi connectivity index (χ0v) is 55.6. The average Bonchev–Trinajstić information content (AvgIpc) is 1.55. The molecule has 10 heterocycles. The second-order valence-electron chi connectivity index (χ2n) is 25.8. The molecule has 94 heavy (non-hydrogen) atoms. The molecule has 0 saturated carbocycles. The molecule has 6 N–H and O–H groups in total. The first-order chi connectivity index (χ1) is 44.5. The van der Waals surface area contributed by atoms with Crippen LogP contribution in [0.1, 0.15) is 90.6 Å². The van der Waals surface area contributed by atoms with E-state index >= 15 is 0 Å². The van der Waals surface area contributed by atoms with Gasteiger partial charge in [0, 0.05) is 34.2 Å². The number of phenolic OH excluding ortho intramolecular Hbond substituents is 1. The van der Waals surface area contributed by atoms with Gasteiger partial charge in [0.25, 0.3) is 5.97 Å². The van der Waals surface area contributed by atoms with E-state index < -0.39 is 212 Å². The first-order valence-corrected chi connectivity index (χ1v) is 32.0. The second kappa shape index (κ2) is 28.2. The van der Waals surface area contributed by atoms with Crippen LogP contribution < -0.4 is 4.74 Å². The van der Waals surface area contributed by atoms with Crippen LogP contribution in [0, 0.1) is 12.8 Å². The van der Waals surface area contributed by atoms with Gasteiger partial charge in [0.2, 0.25) is 6.29 Å². The number of rotatable bonds is 18. The summed E-state index contributed by atoms with van der Waals surface area (Å²) >= 11 is 12.5. The maximum absolute atomic E-state index is 13.5. The number of hydrogen-bond acceptors (Lipinski definition) is 32. The highest BCUT2D eigenvalue weighted by atomic mass is 35.5. The van der Waals surface area contributed by atoms with Crippen molar-refractivity contribution in [2.24, 2.45) is 5.92 Å². The molecule has 0 aliphatic carbocycles. The minimum absolute atomic E-state index is 0.00326. The number of aliphatic hydroxyl groups excluding tert-OH is 4. The highest BCUT2D eigenvalue weighted by Gasteiger charge is 2.72. The SMILES string of the molecule is COCC1OC(OC2OCC3OC4(OC3C2OC(=O)C(C)C)OC(C)C(O)(C=O)C2OCOC24)C(OC)C(O)C1OC1OC(C)C(OC)C(OC2CC3(C)OC4(CC(O)C(OC5CC(O)C(OC(=O)c6c(C)c(Cl)c(O)c(Cl)c6OC)C(C)O5)C(C)O4)OC3C(C)O2)C1O. The Balaban J connectivity index is 0.721. The third kappa shape index (κ3) is 13.1. The van der Waals surface area contributed by atoms with Crippen molar-refractivity contribution in [3.8, 4) is 11.5 Å². The van der Waals surface area contributed by atoms with Crippen LogP contribution in [-0.2, 0) is 114 Å². The minimum Gasteiger partial charge on any atom is -0.505 e. The van der Waals surface area contributed by atoms with Gasteiger partial charge >= 0.3 is 17.9 Å². The Morgan fingerprint density at radius 3 is 2.02 bits per heavy atom. The molecule has 0 radical (unpaired) electrons. The molecule has 1 aromatic carbocycles. The van der Waals surface area contributed by atoms with Crippen LogP contribution in [0.15, 0.2) is 0 Å². The normalized spacial score (nSPS) is 47.7. The Morgan fingerprint density at radius 2 is 1.36 bits per heavy atom. The fourth-order valence-corrected chi connectivity index (χ4v) is 14.8. The Labute approximate surface area is 551 Å². The monoisotopic (exact) mass is 1390 g/mol. The smallest absolute Gasteiger partial charge is 0.342 e. The predicted octanol–water partition coefficient (Wildman–Crippen LogP) is 0.662. The van der Waals surface area contributed by atoms with E-state index in [2.05, 4.69) is 0 Å². The van der Waals surface area contributed by atoms with E-state index in [0.29, 0.717) is 6.29 Å². The fraction of sp³-hybridized carbons (Fsp3) is 0.850. The number of ether oxygens (including phenoxy) is 23. The van der Waals surface area contributed by atoms with Crippen molar-refractivity contribution in [1.29, 1.82) is 0 Å². The number of esters is 2. The third-order valence-electron chi connectivity index (χ3n) is 19.1. The minimum atomic E-state index is -2.13. The number of carbonyl (C=O) groups is 3. The van der Waals surface area contributed by atoms with Gasteiger partial charge in [-0.1, -0.05) is 37.0 Å². The van der Waals surface area contributed by atoms with Gasteiger partial charge in [-0.2, -0.15) is 0 Å². The van der Waals surface area contributed by atoms with Crippen LogP contribution in [0.2, 0.25) is 10.0 Å². The quantitative estimate of drug-likeness (QED) is 0.0868. The van der Waals surface area contributed by atoms with Crippen LogP contribution in [0.25, 0.3) is 0 Å². The molecule has 10 aliphatic rings. The summed E-state index contributed by atoms with van der Waals surface area (Å²) in [6.45, 7) is 13.8. The van der Waals surface area contributed by atoms with Crippen molar-refractivity contribution in [3.63, 3.8) is 0 Å². The number of carbonyl (C=O) groups excluding carboxylic acids is 3. The Morgan fingerprint density at radius 1 is 0.670 bits per heavy atom. The predicted molar refractivity (Wildman–Crippen MR) is 308 cm³/mol. The second-order valence-corrected chi connectivity index (χ2v) is 26.6. The lowest BCUT2D eigenvalue weighted by atomic mass is 9.85. The van der Waals surface area contributed by atoms with E-state index in [1.165, 1.54) is 42.3 Å². The molecule has 0 bridgehead atoms. The summed E-state index contributed by atoms with van der Waals surface area (Å²) in [5, 5.41) is 68.7. The number of halogens is 2. The van der Waals surface area contributed by atoms with Gasteiger partial charge in [-0.05, 0) is 54.0 Å². The van der Waals surface area contributed by atoms with Gasteiger partial charge < -0.3 is 140 Å². The molecular weight excluding hydrogens is 1300 g/mol. The number of hydrogen-bond donors (Lipinski definition) is 6. The number of aromatic hydroxyl groups is 1. The van der Waals surface area contributed by atoms with Crippen molar-refractivity contribution in [2.45, 2.75) is 270 Å². The number of benzene rings is 1. The molecular formula is C60H86Cl2O32. The highest BCUT2D eigenvalue weighted by molar-refractivity contribution is 6.39. The number of aldehydes is 1. The van der Waals surface area contributed by atoms with E-state index in [-0.39, 0.29) is 66.2 Å². The van der Waals surface area contributed by atoms with E-state index in [9.17, 15) is 45.0 Å². The molecule has 10 fully saturated rings. The van der Waals surface area contributed by atoms with E-state index in [0.717, 1.165) is 0 Å². The molecule has 0 aromatic heterocycles. The van der Waals surface area contributed by atoms with E-state index in [4.69, 9.17) is 132 Å². The number of methoxy groups -OCH3 is 4. The number of aliphatic hydroxyl groups is 5. The Bertz CT molecular complexity index is 2840. The first kappa shape index (κ1) is 72.3. The van der Waals surface area contributed by atoms with Gasteiger partial charge in [-0.3, -0.25) is 9.59 Å². The molecule has 11 rings (SSSR count). The summed E-state index contributed by atoms with van der Waals surface area (Å²) in [5.41, 5.74) is -3.34. The largest absolute Gasteiger partial charge is 0.505 e. The van der Waals surface area contributed by atoms with Gasteiger partial charge in [0.1, 0.15) is 96.2 Å². The third-order valence-corrected chi connectivity index (χ3v) is 19.9. The van der Waals surface area contributed by atoms with Crippen molar-refractivity contribution in [2.75, 3.05) is 48.4 Å².